The summed E-state index contributed by atoms with van der Waals surface area (Å²) in [5.41, 5.74) is 0.470. The molecule has 0 fully saturated rings. The van der Waals surface area contributed by atoms with Crippen LogP contribution in [0.4, 0.5) is 5.69 Å². The summed E-state index contributed by atoms with van der Waals surface area (Å²) in [6.45, 7) is 0.873. The molecule has 1 aromatic rings. The predicted octanol–water partition coefficient (Wildman–Crippen LogP) is 3.15. The van der Waals surface area contributed by atoms with Gasteiger partial charge in [0.05, 0.1) is 17.1 Å². The third-order valence-corrected chi connectivity index (χ3v) is 3.20. The highest BCUT2D eigenvalue weighted by atomic mass is 35.5. The van der Waals surface area contributed by atoms with Crippen molar-refractivity contribution in [2.24, 2.45) is 0 Å². The van der Waals surface area contributed by atoms with Gasteiger partial charge < -0.3 is 15.3 Å². The Morgan fingerprint density at radius 1 is 1.24 bits per heavy atom. The molecule has 1 aromatic carbocycles. The number of carboxylic acid groups (broad SMARTS) is 1. The van der Waals surface area contributed by atoms with Crippen LogP contribution in [-0.4, -0.2) is 42.0 Å². The van der Waals surface area contributed by atoms with Gasteiger partial charge in [-0.15, -0.1) is 12.4 Å². The number of benzene rings is 1. The second-order valence-electron chi connectivity index (χ2n) is 4.37. The number of aliphatic carboxylic acids is 1. The molecule has 0 aromatic heterocycles. The van der Waals surface area contributed by atoms with E-state index in [9.17, 15) is 9.59 Å². The van der Waals surface area contributed by atoms with E-state index in [0.29, 0.717) is 28.8 Å². The minimum absolute atomic E-state index is 0. The van der Waals surface area contributed by atoms with Gasteiger partial charge in [-0.05, 0) is 25.2 Å². The third kappa shape index (κ3) is 8.12. The van der Waals surface area contributed by atoms with Crippen molar-refractivity contribution in [1.82, 2.24) is 4.90 Å². The number of rotatable bonds is 7. The van der Waals surface area contributed by atoms with Crippen molar-refractivity contribution in [2.45, 2.75) is 12.8 Å². The largest absolute Gasteiger partial charge is 0.481 e. The first-order valence-electron chi connectivity index (χ1n) is 6.03. The molecule has 1 rings (SSSR count). The molecule has 0 saturated carbocycles. The molecule has 5 nitrogen and oxygen atoms in total. The maximum Gasteiger partial charge on any atom is 0.304 e. The Balaban J connectivity index is 0.00000400. The zero-order valence-electron chi connectivity index (χ0n) is 11.4. The van der Waals surface area contributed by atoms with Gasteiger partial charge in [0.15, 0.2) is 0 Å². The van der Waals surface area contributed by atoms with Crippen molar-refractivity contribution in [2.75, 3.05) is 25.5 Å². The fourth-order valence-electron chi connectivity index (χ4n) is 1.50. The number of hydrogen-bond donors (Lipinski definition) is 2. The number of halogens is 3. The normalized spacial score (nSPS) is 10.1. The first-order chi connectivity index (χ1) is 9.38. The molecule has 21 heavy (non-hydrogen) atoms. The molecule has 0 spiro atoms. The van der Waals surface area contributed by atoms with Gasteiger partial charge in [0.2, 0.25) is 5.91 Å². The molecule has 0 saturated heterocycles. The van der Waals surface area contributed by atoms with Crippen molar-refractivity contribution in [1.29, 1.82) is 0 Å². The minimum atomic E-state index is -0.855. The van der Waals surface area contributed by atoms with Crippen molar-refractivity contribution in [3.05, 3.63) is 28.2 Å². The Hall–Kier alpha value is -1.01. The molecule has 118 valence electrons. The Labute approximate surface area is 139 Å². The minimum Gasteiger partial charge on any atom is -0.481 e. The van der Waals surface area contributed by atoms with Crippen LogP contribution in [0.2, 0.25) is 10.0 Å². The molecular weight excluding hydrogens is 339 g/mol. The molecule has 0 heterocycles. The standard InChI is InChI=1S/C13H16Cl2N2O3.ClH/c1-17(7-5-13(19)20)6-4-12(18)16-11-8-9(14)2-3-10(11)15;/h2-3,8H,4-7H2,1H3,(H,16,18)(H,19,20);1H. The summed E-state index contributed by atoms with van der Waals surface area (Å²) >= 11 is 11.8. The summed E-state index contributed by atoms with van der Waals surface area (Å²) < 4.78 is 0. The van der Waals surface area contributed by atoms with Crippen LogP contribution in [0.1, 0.15) is 12.8 Å². The molecule has 0 aliphatic heterocycles. The lowest BCUT2D eigenvalue weighted by atomic mass is 10.3. The first-order valence-corrected chi connectivity index (χ1v) is 6.79. The lowest BCUT2D eigenvalue weighted by molar-refractivity contribution is -0.137. The second-order valence-corrected chi connectivity index (χ2v) is 5.21. The Bertz CT molecular complexity index is 498. The van der Waals surface area contributed by atoms with Crippen LogP contribution < -0.4 is 5.32 Å². The number of anilines is 1. The molecule has 2 N–H and O–H groups in total. The molecule has 8 heteroatoms. The number of hydrogen-bond acceptors (Lipinski definition) is 3. The number of nitrogens with one attached hydrogen (secondary N) is 1. The summed E-state index contributed by atoms with van der Waals surface area (Å²) in [6.07, 6.45) is 0.303. The third-order valence-electron chi connectivity index (χ3n) is 2.63. The average Bonchev–Trinajstić information content (AvgIpc) is 2.38. The molecule has 0 aliphatic carbocycles. The van der Waals surface area contributed by atoms with Gasteiger partial charge in [-0.2, -0.15) is 0 Å². The highest BCUT2D eigenvalue weighted by Crippen LogP contribution is 2.25. The quantitative estimate of drug-likeness (QED) is 0.788. The van der Waals surface area contributed by atoms with Crippen molar-refractivity contribution in [3.63, 3.8) is 0 Å². The zero-order chi connectivity index (χ0) is 15.1. The highest BCUT2D eigenvalue weighted by Gasteiger charge is 2.09. The van der Waals surface area contributed by atoms with Crippen LogP contribution in [0.5, 0.6) is 0 Å². The number of carboxylic acids is 1. The van der Waals surface area contributed by atoms with Gasteiger partial charge in [-0.25, -0.2) is 0 Å². The van der Waals surface area contributed by atoms with E-state index >= 15 is 0 Å². The van der Waals surface area contributed by atoms with Crippen LogP contribution in [-0.2, 0) is 9.59 Å². The number of nitrogens with zero attached hydrogens (tertiary/aromatic N) is 1. The summed E-state index contributed by atoms with van der Waals surface area (Å²) in [7, 11) is 1.77. The van der Waals surface area contributed by atoms with Crippen LogP contribution in [0.15, 0.2) is 18.2 Å². The topological polar surface area (TPSA) is 69.6 Å². The molecule has 0 unspecified atom stereocenters. The lowest BCUT2D eigenvalue weighted by Crippen LogP contribution is -2.26. The Morgan fingerprint density at radius 3 is 2.48 bits per heavy atom. The molecule has 0 aliphatic rings. The summed E-state index contributed by atoms with van der Waals surface area (Å²) in [5, 5.41) is 12.1. The van der Waals surface area contributed by atoms with E-state index in [4.69, 9.17) is 28.3 Å². The van der Waals surface area contributed by atoms with E-state index < -0.39 is 5.97 Å². The van der Waals surface area contributed by atoms with E-state index in [1.165, 1.54) is 0 Å². The van der Waals surface area contributed by atoms with Crippen molar-refractivity contribution < 1.29 is 14.7 Å². The fraction of sp³-hybridized carbons (Fsp3) is 0.385. The second kappa shape index (κ2) is 9.84. The number of carbonyl (C=O) groups is 2. The smallest absolute Gasteiger partial charge is 0.304 e. The van der Waals surface area contributed by atoms with Crippen molar-refractivity contribution in [3.8, 4) is 0 Å². The van der Waals surface area contributed by atoms with Crippen LogP contribution >= 0.6 is 35.6 Å². The highest BCUT2D eigenvalue weighted by molar-refractivity contribution is 6.35. The van der Waals surface area contributed by atoms with Crippen LogP contribution in [0.25, 0.3) is 0 Å². The van der Waals surface area contributed by atoms with Crippen molar-refractivity contribution >= 4 is 53.2 Å². The number of amides is 1. The molecular formula is C13H17Cl3N2O3. The Kier molecular flexibility index (Phi) is 9.37. The fourth-order valence-corrected chi connectivity index (χ4v) is 1.83. The van der Waals surface area contributed by atoms with Gasteiger partial charge in [-0.1, -0.05) is 23.2 Å². The van der Waals surface area contributed by atoms with E-state index in [1.807, 2.05) is 0 Å². The summed E-state index contributed by atoms with van der Waals surface area (Å²) in [4.78, 5) is 24.0. The van der Waals surface area contributed by atoms with E-state index in [0.717, 1.165) is 0 Å². The van der Waals surface area contributed by atoms with Gasteiger partial charge in [0.25, 0.3) is 0 Å². The summed E-state index contributed by atoms with van der Waals surface area (Å²) in [6, 6.07) is 4.83. The average molecular weight is 356 g/mol. The summed E-state index contributed by atoms with van der Waals surface area (Å²) in [5.74, 6) is -1.05. The van der Waals surface area contributed by atoms with Gasteiger partial charge in [0, 0.05) is 24.5 Å². The molecule has 1 amide bonds. The molecule has 0 bridgehead atoms. The van der Waals surface area contributed by atoms with Crippen LogP contribution in [0.3, 0.4) is 0 Å². The lowest BCUT2D eigenvalue weighted by Gasteiger charge is -2.15. The molecule has 0 atom stereocenters. The van der Waals surface area contributed by atoms with Gasteiger partial charge >= 0.3 is 5.97 Å². The molecule has 0 radical (unpaired) electrons. The maximum absolute atomic E-state index is 11.8. The van der Waals surface area contributed by atoms with E-state index in [1.54, 1.807) is 30.1 Å². The predicted molar refractivity (Wildman–Crippen MR) is 86.7 cm³/mol. The van der Waals surface area contributed by atoms with E-state index in [2.05, 4.69) is 5.32 Å². The first kappa shape index (κ1) is 20.0. The number of carbonyl (C=O) groups excluding carboxylic acids is 1. The monoisotopic (exact) mass is 354 g/mol. The Morgan fingerprint density at radius 2 is 1.86 bits per heavy atom. The maximum atomic E-state index is 11.8. The zero-order valence-corrected chi connectivity index (χ0v) is 13.8. The van der Waals surface area contributed by atoms with Gasteiger partial charge in [0.1, 0.15) is 0 Å². The van der Waals surface area contributed by atoms with Crippen LogP contribution in [0, 0.1) is 0 Å². The van der Waals surface area contributed by atoms with Gasteiger partial charge in [-0.3, -0.25) is 9.59 Å². The SMILES string of the molecule is CN(CCC(=O)O)CCC(=O)Nc1cc(Cl)ccc1Cl.Cl. The van der Waals surface area contributed by atoms with E-state index in [-0.39, 0.29) is 31.2 Å².